The molecule has 0 amide bonds. The van der Waals surface area contributed by atoms with Gasteiger partial charge in [-0.15, -0.1) is 0 Å². The van der Waals surface area contributed by atoms with Gasteiger partial charge in [-0.05, 0) is 20.4 Å². The van der Waals surface area contributed by atoms with Crippen LogP contribution in [0.3, 0.4) is 0 Å². The van der Waals surface area contributed by atoms with Gasteiger partial charge in [-0.1, -0.05) is 0 Å². The first-order valence-electron chi connectivity index (χ1n) is 4.42. The Morgan fingerprint density at radius 2 is 2.50 bits per heavy atom. The zero-order valence-electron chi connectivity index (χ0n) is 7.79. The number of likely N-dealkylation sites (N-methyl/N-ethyl adjacent to an activating group) is 1. The van der Waals surface area contributed by atoms with Crippen LogP contribution >= 0.6 is 0 Å². The van der Waals surface area contributed by atoms with Crippen LogP contribution in [0.2, 0.25) is 0 Å². The smallest absolute Gasteiger partial charge is 0.0638 e. The summed E-state index contributed by atoms with van der Waals surface area (Å²) in [5.74, 6) is 0. The third-order valence-corrected chi connectivity index (χ3v) is 2.56. The molecule has 3 nitrogen and oxygen atoms in total. The maximum Gasteiger partial charge on any atom is 0.0638 e. The van der Waals surface area contributed by atoms with Crippen molar-refractivity contribution in [3.05, 3.63) is 0 Å². The highest BCUT2D eigenvalue weighted by molar-refractivity contribution is 4.83. The second-order valence-electron chi connectivity index (χ2n) is 3.39. The fourth-order valence-electron chi connectivity index (χ4n) is 1.48. The van der Waals surface area contributed by atoms with Crippen molar-refractivity contribution in [1.29, 1.82) is 5.26 Å². The van der Waals surface area contributed by atoms with Crippen molar-refractivity contribution in [1.82, 2.24) is 4.90 Å². The molecule has 0 aromatic heterocycles. The fourth-order valence-corrected chi connectivity index (χ4v) is 1.48. The average Bonchev–Trinajstić information content (AvgIpc) is 2.55. The van der Waals surface area contributed by atoms with E-state index >= 15 is 0 Å². The first-order chi connectivity index (χ1) is 5.75. The van der Waals surface area contributed by atoms with E-state index in [0.29, 0.717) is 18.5 Å². The average molecular weight is 168 g/mol. The Labute approximate surface area is 73.9 Å². The van der Waals surface area contributed by atoms with E-state index in [1.165, 1.54) is 0 Å². The first-order valence-corrected chi connectivity index (χ1v) is 4.42. The number of hydrogen-bond acceptors (Lipinski definition) is 3. The van der Waals surface area contributed by atoms with Gasteiger partial charge in [-0.3, -0.25) is 4.90 Å². The standard InChI is InChI=1S/C9H16N2O/c1-8(3-5-10)11(2)9-4-6-12-7-9/h8-9H,3-4,6-7H2,1-2H3. The molecule has 0 N–H and O–H groups in total. The van der Waals surface area contributed by atoms with E-state index in [1.54, 1.807) is 0 Å². The molecular formula is C9H16N2O. The van der Waals surface area contributed by atoms with Crippen molar-refractivity contribution in [3.8, 4) is 6.07 Å². The van der Waals surface area contributed by atoms with Gasteiger partial charge in [-0.2, -0.15) is 5.26 Å². The molecule has 0 aromatic carbocycles. The van der Waals surface area contributed by atoms with Gasteiger partial charge in [0.15, 0.2) is 0 Å². The van der Waals surface area contributed by atoms with E-state index in [2.05, 4.69) is 24.9 Å². The summed E-state index contributed by atoms with van der Waals surface area (Å²) in [6, 6.07) is 3.06. The summed E-state index contributed by atoms with van der Waals surface area (Å²) < 4.78 is 5.28. The topological polar surface area (TPSA) is 36.3 Å². The minimum absolute atomic E-state index is 0.349. The van der Waals surface area contributed by atoms with Crippen molar-refractivity contribution in [2.75, 3.05) is 20.3 Å². The van der Waals surface area contributed by atoms with Gasteiger partial charge in [0.25, 0.3) is 0 Å². The van der Waals surface area contributed by atoms with Crippen LogP contribution in [0.5, 0.6) is 0 Å². The largest absolute Gasteiger partial charge is 0.380 e. The van der Waals surface area contributed by atoms with Crippen molar-refractivity contribution >= 4 is 0 Å². The first kappa shape index (κ1) is 9.50. The number of hydrogen-bond donors (Lipinski definition) is 0. The highest BCUT2D eigenvalue weighted by Crippen LogP contribution is 2.14. The SMILES string of the molecule is CC(CC#N)N(C)C1CCOC1. The molecule has 3 heteroatoms. The van der Waals surface area contributed by atoms with Gasteiger partial charge in [0.05, 0.1) is 19.1 Å². The molecule has 1 aliphatic rings. The van der Waals surface area contributed by atoms with Crippen LogP contribution < -0.4 is 0 Å². The lowest BCUT2D eigenvalue weighted by atomic mass is 10.1. The molecule has 12 heavy (non-hydrogen) atoms. The number of ether oxygens (including phenoxy) is 1. The highest BCUT2D eigenvalue weighted by Gasteiger charge is 2.23. The van der Waals surface area contributed by atoms with Crippen molar-refractivity contribution in [3.63, 3.8) is 0 Å². The Bertz CT molecular complexity index is 170. The molecular weight excluding hydrogens is 152 g/mol. The maximum absolute atomic E-state index is 8.52. The van der Waals surface area contributed by atoms with Gasteiger partial charge >= 0.3 is 0 Å². The lowest BCUT2D eigenvalue weighted by Crippen LogP contribution is -2.38. The van der Waals surface area contributed by atoms with E-state index in [0.717, 1.165) is 19.6 Å². The normalized spacial score (nSPS) is 25.7. The monoisotopic (exact) mass is 168 g/mol. The van der Waals surface area contributed by atoms with E-state index in [-0.39, 0.29) is 0 Å². The molecule has 1 fully saturated rings. The number of nitriles is 1. The summed E-state index contributed by atoms with van der Waals surface area (Å²) in [4.78, 5) is 2.25. The minimum Gasteiger partial charge on any atom is -0.380 e. The summed E-state index contributed by atoms with van der Waals surface area (Å²) in [7, 11) is 2.07. The van der Waals surface area contributed by atoms with Crippen LogP contribution in [0, 0.1) is 11.3 Å². The Kier molecular flexibility index (Phi) is 3.51. The van der Waals surface area contributed by atoms with Crippen LogP contribution in [-0.2, 0) is 4.74 Å². The molecule has 1 saturated heterocycles. The third kappa shape index (κ3) is 2.20. The summed E-state index contributed by atoms with van der Waals surface area (Å²) in [5, 5.41) is 8.52. The van der Waals surface area contributed by atoms with Crippen LogP contribution in [0.25, 0.3) is 0 Å². The molecule has 1 aliphatic heterocycles. The minimum atomic E-state index is 0.349. The predicted octanol–water partition coefficient (Wildman–Crippen LogP) is 1.01. The molecule has 0 saturated carbocycles. The van der Waals surface area contributed by atoms with Gasteiger partial charge in [0.1, 0.15) is 0 Å². The van der Waals surface area contributed by atoms with Gasteiger partial charge in [0, 0.05) is 18.7 Å². The number of rotatable bonds is 3. The van der Waals surface area contributed by atoms with E-state index < -0.39 is 0 Å². The Morgan fingerprint density at radius 1 is 1.75 bits per heavy atom. The Hall–Kier alpha value is -0.590. The Morgan fingerprint density at radius 3 is 3.00 bits per heavy atom. The molecule has 0 aromatic rings. The molecule has 2 unspecified atom stereocenters. The third-order valence-electron chi connectivity index (χ3n) is 2.56. The summed E-state index contributed by atoms with van der Waals surface area (Å²) >= 11 is 0. The summed E-state index contributed by atoms with van der Waals surface area (Å²) in [6.07, 6.45) is 1.71. The maximum atomic E-state index is 8.52. The van der Waals surface area contributed by atoms with E-state index in [1.807, 2.05) is 0 Å². The summed E-state index contributed by atoms with van der Waals surface area (Å²) in [6.45, 7) is 3.78. The van der Waals surface area contributed by atoms with Crippen molar-refractivity contribution < 1.29 is 4.74 Å². The van der Waals surface area contributed by atoms with Crippen LogP contribution in [0.15, 0.2) is 0 Å². The lowest BCUT2D eigenvalue weighted by molar-refractivity contribution is 0.139. The molecule has 0 bridgehead atoms. The van der Waals surface area contributed by atoms with E-state index in [4.69, 9.17) is 10.00 Å². The molecule has 1 heterocycles. The Balaban J connectivity index is 2.35. The molecule has 0 spiro atoms. The molecule has 68 valence electrons. The van der Waals surface area contributed by atoms with Crippen LogP contribution in [-0.4, -0.2) is 37.2 Å². The van der Waals surface area contributed by atoms with Gasteiger partial charge in [0.2, 0.25) is 0 Å². The lowest BCUT2D eigenvalue weighted by Gasteiger charge is -2.27. The predicted molar refractivity (Wildman–Crippen MR) is 46.7 cm³/mol. The van der Waals surface area contributed by atoms with Crippen molar-refractivity contribution in [2.45, 2.75) is 31.8 Å². The molecule has 2 atom stereocenters. The van der Waals surface area contributed by atoms with Crippen LogP contribution in [0.4, 0.5) is 0 Å². The fraction of sp³-hybridized carbons (Fsp3) is 0.889. The van der Waals surface area contributed by atoms with Crippen molar-refractivity contribution in [2.24, 2.45) is 0 Å². The number of nitrogens with zero attached hydrogens (tertiary/aromatic N) is 2. The van der Waals surface area contributed by atoms with Gasteiger partial charge in [-0.25, -0.2) is 0 Å². The second kappa shape index (κ2) is 4.44. The highest BCUT2D eigenvalue weighted by atomic mass is 16.5. The van der Waals surface area contributed by atoms with E-state index in [9.17, 15) is 0 Å². The van der Waals surface area contributed by atoms with Crippen LogP contribution in [0.1, 0.15) is 19.8 Å². The van der Waals surface area contributed by atoms with Gasteiger partial charge < -0.3 is 4.74 Å². The quantitative estimate of drug-likeness (QED) is 0.631. The molecule has 0 aliphatic carbocycles. The molecule has 1 rings (SSSR count). The zero-order chi connectivity index (χ0) is 8.97. The second-order valence-corrected chi connectivity index (χ2v) is 3.39. The summed E-state index contributed by atoms with van der Waals surface area (Å²) in [5.41, 5.74) is 0. The zero-order valence-corrected chi connectivity index (χ0v) is 7.79. The molecule has 0 radical (unpaired) electrons.